The van der Waals surface area contributed by atoms with Crippen LogP contribution in [0.15, 0.2) is 79.3 Å². The average Bonchev–Trinajstić information content (AvgIpc) is 3.78. The molecule has 0 saturated heterocycles. The normalized spacial score (nSPS) is 14.0. The Balaban J connectivity index is 1.29. The third-order valence-electron chi connectivity index (χ3n) is 7.73. The number of imidazole rings is 1. The number of phenolic OH excluding ortho intramolecular Hbond substituents is 1. The monoisotopic (exact) mass is 584 g/mol. The molecule has 1 aliphatic carbocycles. The van der Waals surface area contributed by atoms with Gasteiger partial charge < -0.3 is 16.2 Å². The van der Waals surface area contributed by atoms with Crippen LogP contribution in [0.5, 0.6) is 5.75 Å². The van der Waals surface area contributed by atoms with Gasteiger partial charge >= 0.3 is 0 Å². The van der Waals surface area contributed by atoms with Gasteiger partial charge in [-0.05, 0) is 78.6 Å². The van der Waals surface area contributed by atoms with Crippen molar-refractivity contribution in [1.82, 2.24) is 34.6 Å². The molecule has 0 unspecified atom stereocenters. The molecule has 1 atom stereocenters. The van der Waals surface area contributed by atoms with E-state index in [1.54, 1.807) is 24.5 Å². The predicted octanol–water partition coefficient (Wildman–Crippen LogP) is 4.00. The molecule has 0 bridgehead atoms. The number of nitrogens with zero attached hydrogens (tertiary/aromatic N) is 6. The summed E-state index contributed by atoms with van der Waals surface area (Å²) < 4.78 is 3.45. The molecule has 12 heteroatoms. The number of pyridine rings is 2. The molecule has 0 radical (unpaired) electrons. The largest absolute Gasteiger partial charge is 0.507 e. The van der Waals surface area contributed by atoms with E-state index in [0.29, 0.717) is 52.5 Å². The molecule has 44 heavy (non-hydrogen) atoms. The molecule has 7 rings (SSSR count). The molecular weight excluding hydrogens is 560 g/mol. The molecule has 216 valence electrons. The maximum absolute atomic E-state index is 13.0. The second-order valence-corrected chi connectivity index (χ2v) is 10.4. The number of fused-ring (bicyclic) bond motifs is 2. The van der Waals surface area contributed by atoms with E-state index in [9.17, 15) is 19.5 Å². The molecule has 2 aromatic carbocycles. The van der Waals surface area contributed by atoms with Crippen LogP contribution in [0.25, 0.3) is 34.1 Å². The summed E-state index contributed by atoms with van der Waals surface area (Å²) >= 11 is 0. The molecule has 0 aliphatic heterocycles. The van der Waals surface area contributed by atoms with Gasteiger partial charge in [-0.1, -0.05) is 6.07 Å². The summed E-state index contributed by atoms with van der Waals surface area (Å²) in [6, 6.07) is 17.2. The lowest BCUT2D eigenvalue weighted by Gasteiger charge is -2.16. The van der Waals surface area contributed by atoms with Gasteiger partial charge in [-0.15, -0.1) is 0 Å². The number of rotatable bonds is 7. The minimum atomic E-state index is -0.335. The fraction of sp³-hybridized carbons (Fsp3) is 0.0938. The number of aromatic nitrogens is 6. The van der Waals surface area contributed by atoms with Gasteiger partial charge in [-0.3, -0.25) is 19.0 Å². The van der Waals surface area contributed by atoms with Gasteiger partial charge in [0.15, 0.2) is 29.9 Å². The Morgan fingerprint density at radius 3 is 2.73 bits per heavy atom. The van der Waals surface area contributed by atoms with Crippen LogP contribution >= 0.6 is 0 Å². The first kappa shape index (κ1) is 26.7. The summed E-state index contributed by atoms with van der Waals surface area (Å²) in [5.74, 6) is 0.881. The van der Waals surface area contributed by atoms with E-state index >= 15 is 0 Å². The van der Waals surface area contributed by atoms with Crippen LogP contribution in [0, 0.1) is 0 Å². The van der Waals surface area contributed by atoms with Crippen molar-refractivity contribution in [3.63, 3.8) is 0 Å². The van der Waals surface area contributed by atoms with Crippen LogP contribution in [-0.2, 0) is 6.42 Å². The number of aromatic hydroxyl groups is 1. The zero-order chi connectivity index (χ0) is 30.4. The van der Waals surface area contributed by atoms with Crippen molar-refractivity contribution in [1.29, 1.82) is 0 Å². The highest BCUT2D eigenvalue weighted by molar-refractivity contribution is 5.96. The fourth-order valence-electron chi connectivity index (χ4n) is 5.55. The molecule has 1 amide bonds. The highest BCUT2D eigenvalue weighted by Crippen LogP contribution is 2.36. The first-order valence-electron chi connectivity index (χ1n) is 13.8. The molecular formula is C32H24N8O4. The van der Waals surface area contributed by atoms with E-state index in [4.69, 9.17) is 15.7 Å². The van der Waals surface area contributed by atoms with E-state index < -0.39 is 0 Å². The molecule has 1 aliphatic rings. The van der Waals surface area contributed by atoms with Gasteiger partial charge in [-0.2, -0.15) is 5.10 Å². The molecule has 0 fully saturated rings. The van der Waals surface area contributed by atoms with Crippen molar-refractivity contribution in [3.05, 3.63) is 107 Å². The predicted molar refractivity (Wildman–Crippen MR) is 161 cm³/mol. The third-order valence-corrected chi connectivity index (χ3v) is 7.73. The summed E-state index contributed by atoms with van der Waals surface area (Å²) in [6.07, 6.45) is 7.34. The van der Waals surface area contributed by atoms with E-state index in [-0.39, 0.29) is 28.8 Å². The SMILES string of the molecule is Nc1ncccc1-c1nc2ccc(-n3cc(C=O)cn3)nc2n1-c1ccc2c(c1)CC[C@@H]2NC(=O)c1ccc(O)c(C=O)c1. The summed E-state index contributed by atoms with van der Waals surface area (Å²) in [7, 11) is 0. The lowest BCUT2D eigenvalue weighted by Crippen LogP contribution is -2.27. The van der Waals surface area contributed by atoms with Gasteiger partial charge in [0.25, 0.3) is 5.91 Å². The minimum absolute atomic E-state index is 0.0558. The average molecular weight is 585 g/mol. The zero-order valence-corrected chi connectivity index (χ0v) is 23.1. The number of benzene rings is 2. The quantitative estimate of drug-likeness (QED) is 0.235. The number of hydrogen-bond donors (Lipinski definition) is 3. The van der Waals surface area contributed by atoms with E-state index in [1.165, 1.54) is 29.1 Å². The number of anilines is 1. The number of nitrogen functional groups attached to an aromatic ring is 1. The number of nitrogens with two attached hydrogens (primary N) is 1. The summed E-state index contributed by atoms with van der Waals surface area (Å²) in [5, 5.41) is 17.1. The molecule has 12 nitrogen and oxygen atoms in total. The van der Waals surface area contributed by atoms with Crippen molar-refractivity contribution in [2.24, 2.45) is 0 Å². The van der Waals surface area contributed by atoms with Gasteiger partial charge in [0, 0.05) is 23.6 Å². The molecule has 4 heterocycles. The lowest BCUT2D eigenvalue weighted by atomic mass is 10.1. The van der Waals surface area contributed by atoms with Crippen LogP contribution < -0.4 is 11.1 Å². The Labute approximate surface area is 249 Å². The lowest BCUT2D eigenvalue weighted by molar-refractivity contribution is 0.0936. The van der Waals surface area contributed by atoms with Crippen LogP contribution in [0.1, 0.15) is 54.7 Å². The third kappa shape index (κ3) is 4.54. The second-order valence-electron chi connectivity index (χ2n) is 10.4. The molecule has 4 aromatic heterocycles. The molecule has 4 N–H and O–H groups in total. The molecule has 6 aromatic rings. The van der Waals surface area contributed by atoms with Gasteiger partial charge in [0.2, 0.25) is 0 Å². The number of carbonyl (C=O) groups is 3. The number of nitrogens with one attached hydrogen (secondary N) is 1. The highest BCUT2D eigenvalue weighted by Gasteiger charge is 2.26. The first-order valence-corrected chi connectivity index (χ1v) is 13.8. The number of hydrogen-bond acceptors (Lipinski definition) is 9. The van der Waals surface area contributed by atoms with E-state index in [0.717, 1.165) is 29.5 Å². The highest BCUT2D eigenvalue weighted by atomic mass is 16.3. The van der Waals surface area contributed by atoms with Crippen molar-refractivity contribution < 1.29 is 19.5 Å². The Bertz CT molecular complexity index is 2120. The fourth-order valence-corrected chi connectivity index (χ4v) is 5.55. The van der Waals surface area contributed by atoms with Crippen LogP contribution in [-0.4, -0.2) is 52.9 Å². The minimum Gasteiger partial charge on any atom is -0.507 e. The first-order chi connectivity index (χ1) is 21.4. The second kappa shape index (κ2) is 10.6. The van der Waals surface area contributed by atoms with Gasteiger partial charge in [-0.25, -0.2) is 19.6 Å². The van der Waals surface area contributed by atoms with Crippen LogP contribution in [0.4, 0.5) is 5.82 Å². The summed E-state index contributed by atoms with van der Waals surface area (Å²) in [5.41, 5.74) is 11.7. The van der Waals surface area contributed by atoms with Crippen LogP contribution in [0.2, 0.25) is 0 Å². The van der Waals surface area contributed by atoms with Crippen molar-refractivity contribution >= 4 is 35.5 Å². The van der Waals surface area contributed by atoms with E-state index in [2.05, 4.69) is 21.5 Å². The Hall–Kier alpha value is -6.17. The van der Waals surface area contributed by atoms with Crippen molar-refractivity contribution in [2.45, 2.75) is 18.9 Å². The number of phenols is 1. The summed E-state index contributed by atoms with van der Waals surface area (Å²) in [4.78, 5) is 49.5. The Morgan fingerprint density at radius 2 is 1.93 bits per heavy atom. The standard InChI is InChI=1S/C32H24N8O4/c33-29-24(2-1-11-34-29)30-36-26-8-10-28(39-15-18(16-41)14-35-39)38-31(26)40(30)22-5-6-23-19(13-22)3-7-25(23)37-32(44)20-4-9-27(43)21(12-20)17-42/h1-2,4-6,8-17,25,43H,3,7H2,(H2,33,34)(H,37,44)/t25-/m0/s1. The van der Waals surface area contributed by atoms with Gasteiger partial charge in [0.05, 0.1) is 28.9 Å². The Morgan fingerprint density at radius 1 is 1.05 bits per heavy atom. The summed E-state index contributed by atoms with van der Waals surface area (Å²) in [6.45, 7) is 0. The number of aryl methyl sites for hydroxylation is 1. The molecule has 0 spiro atoms. The zero-order valence-electron chi connectivity index (χ0n) is 23.1. The van der Waals surface area contributed by atoms with Crippen molar-refractivity contribution in [2.75, 3.05) is 5.73 Å². The Kier molecular flexibility index (Phi) is 6.43. The van der Waals surface area contributed by atoms with Crippen LogP contribution in [0.3, 0.4) is 0 Å². The van der Waals surface area contributed by atoms with Gasteiger partial charge in [0.1, 0.15) is 17.1 Å². The maximum Gasteiger partial charge on any atom is 0.251 e. The molecule has 0 saturated carbocycles. The number of aldehydes is 2. The smallest absolute Gasteiger partial charge is 0.251 e. The van der Waals surface area contributed by atoms with E-state index in [1.807, 2.05) is 28.8 Å². The number of carbonyl (C=O) groups excluding carboxylic acids is 3. The number of amides is 1. The maximum atomic E-state index is 13.0. The van der Waals surface area contributed by atoms with Crippen molar-refractivity contribution in [3.8, 4) is 28.6 Å². The topological polar surface area (TPSA) is 171 Å².